The quantitative estimate of drug-likeness (QED) is 0.624. The normalized spacial score (nSPS) is 10.3. The minimum Gasteiger partial charge on any atom is -0.494 e. The van der Waals surface area contributed by atoms with Gasteiger partial charge in [-0.1, -0.05) is 11.8 Å². The van der Waals surface area contributed by atoms with Gasteiger partial charge in [0.25, 0.3) is 0 Å². The molecular formula is C14H15N3O3S. The number of aromatic nitrogens is 2. The minimum atomic E-state index is -0.903. The fraction of sp³-hybridized carbons (Fsp3) is 0.214. The van der Waals surface area contributed by atoms with E-state index in [2.05, 4.69) is 9.97 Å². The van der Waals surface area contributed by atoms with Crippen LogP contribution in [0.15, 0.2) is 35.4 Å². The number of aliphatic carboxylic acids is 1. The summed E-state index contributed by atoms with van der Waals surface area (Å²) in [5.74, 6) is 0.567. The van der Waals surface area contributed by atoms with Crippen LogP contribution in [0.2, 0.25) is 0 Å². The Kier molecular flexibility index (Phi) is 4.99. The Bertz CT molecular complexity index is 632. The predicted molar refractivity (Wildman–Crippen MR) is 81.4 cm³/mol. The third-order valence-corrected chi connectivity index (χ3v) is 3.39. The number of ether oxygens (including phenoxy) is 1. The van der Waals surface area contributed by atoms with Gasteiger partial charge in [-0.05, 0) is 31.2 Å². The molecule has 0 fully saturated rings. The van der Waals surface area contributed by atoms with Gasteiger partial charge >= 0.3 is 5.97 Å². The highest BCUT2D eigenvalue weighted by molar-refractivity contribution is 7.99. The van der Waals surface area contributed by atoms with Gasteiger partial charge in [-0.25, -0.2) is 9.97 Å². The first kappa shape index (κ1) is 15.1. The van der Waals surface area contributed by atoms with E-state index < -0.39 is 5.97 Å². The van der Waals surface area contributed by atoms with Crippen molar-refractivity contribution < 1.29 is 14.6 Å². The average Bonchev–Trinajstić information content (AvgIpc) is 2.46. The zero-order valence-electron chi connectivity index (χ0n) is 11.4. The average molecular weight is 305 g/mol. The monoisotopic (exact) mass is 305 g/mol. The fourth-order valence-corrected chi connectivity index (χ4v) is 2.27. The van der Waals surface area contributed by atoms with Gasteiger partial charge in [-0.15, -0.1) is 0 Å². The number of anilines is 1. The molecule has 7 heteroatoms. The molecule has 0 unspecified atom stereocenters. The number of nitrogens with zero attached hydrogens (tertiary/aromatic N) is 2. The number of carboxylic acids is 1. The molecule has 0 atom stereocenters. The number of benzene rings is 1. The van der Waals surface area contributed by atoms with Crippen molar-refractivity contribution in [1.82, 2.24) is 9.97 Å². The Morgan fingerprint density at radius 2 is 2.05 bits per heavy atom. The third kappa shape index (κ3) is 4.35. The summed E-state index contributed by atoms with van der Waals surface area (Å²) in [6.45, 7) is 2.52. The molecule has 2 aromatic rings. The summed E-state index contributed by atoms with van der Waals surface area (Å²) < 4.78 is 5.37. The molecule has 6 nitrogen and oxygen atoms in total. The Morgan fingerprint density at radius 3 is 2.67 bits per heavy atom. The summed E-state index contributed by atoms with van der Waals surface area (Å²) in [6.07, 6.45) is 0. The minimum absolute atomic E-state index is 0.0703. The lowest BCUT2D eigenvalue weighted by Gasteiger charge is -2.06. The van der Waals surface area contributed by atoms with Gasteiger partial charge in [0.15, 0.2) is 5.82 Å². The zero-order valence-corrected chi connectivity index (χ0v) is 12.3. The first-order valence-corrected chi connectivity index (χ1v) is 7.29. The number of hydrogen-bond donors (Lipinski definition) is 2. The standard InChI is InChI=1S/C14H15N3O3S/c1-2-20-10-5-3-9(4-6-10)14-16-11(15)7-12(17-14)21-8-13(18)19/h3-7H,2,8H2,1H3,(H,18,19)(H2,15,16,17). The molecule has 0 aliphatic rings. The molecule has 1 aromatic heterocycles. The smallest absolute Gasteiger partial charge is 0.313 e. The molecule has 0 spiro atoms. The van der Waals surface area contributed by atoms with Crippen molar-refractivity contribution in [2.24, 2.45) is 0 Å². The van der Waals surface area contributed by atoms with Gasteiger partial charge < -0.3 is 15.6 Å². The number of thioether (sulfide) groups is 1. The summed E-state index contributed by atoms with van der Waals surface area (Å²) in [5.41, 5.74) is 6.54. The SMILES string of the molecule is CCOc1ccc(-c2nc(N)cc(SCC(=O)O)n2)cc1. The molecule has 0 aliphatic heterocycles. The van der Waals surface area contributed by atoms with Crippen LogP contribution in [0.25, 0.3) is 11.4 Å². The molecule has 2 rings (SSSR count). The highest BCUT2D eigenvalue weighted by Crippen LogP contribution is 2.24. The number of nitrogen functional groups attached to an aromatic ring is 1. The van der Waals surface area contributed by atoms with E-state index in [1.165, 1.54) is 0 Å². The van der Waals surface area contributed by atoms with E-state index in [-0.39, 0.29) is 5.75 Å². The molecule has 0 amide bonds. The van der Waals surface area contributed by atoms with Gasteiger partial charge in [0.1, 0.15) is 16.6 Å². The summed E-state index contributed by atoms with van der Waals surface area (Å²) in [6, 6.07) is 8.90. The number of carboxylic acid groups (broad SMARTS) is 1. The van der Waals surface area contributed by atoms with Crippen molar-refractivity contribution >= 4 is 23.5 Å². The van der Waals surface area contributed by atoms with Crippen LogP contribution >= 0.6 is 11.8 Å². The van der Waals surface area contributed by atoms with Gasteiger partial charge in [-0.2, -0.15) is 0 Å². The van der Waals surface area contributed by atoms with Crippen molar-refractivity contribution in [3.63, 3.8) is 0 Å². The first-order chi connectivity index (χ1) is 10.1. The molecule has 1 aromatic carbocycles. The van der Waals surface area contributed by atoms with E-state index in [4.69, 9.17) is 15.6 Å². The molecule has 0 saturated carbocycles. The maximum absolute atomic E-state index is 10.6. The third-order valence-electron chi connectivity index (χ3n) is 2.49. The Morgan fingerprint density at radius 1 is 1.33 bits per heavy atom. The molecule has 0 radical (unpaired) electrons. The van der Waals surface area contributed by atoms with E-state index in [1.807, 2.05) is 31.2 Å². The second kappa shape index (κ2) is 6.94. The van der Waals surface area contributed by atoms with Gasteiger partial charge in [0.2, 0.25) is 0 Å². The molecule has 0 aliphatic carbocycles. The van der Waals surface area contributed by atoms with Crippen molar-refractivity contribution in [1.29, 1.82) is 0 Å². The van der Waals surface area contributed by atoms with Crippen LogP contribution in [0.1, 0.15) is 6.92 Å². The maximum atomic E-state index is 10.6. The Hall–Kier alpha value is -2.28. The van der Waals surface area contributed by atoms with Crippen molar-refractivity contribution in [3.05, 3.63) is 30.3 Å². The molecule has 0 saturated heterocycles. The van der Waals surface area contributed by atoms with Crippen LogP contribution < -0.4 is 10.5 Å². The van der Waals surface area contributed by atoms with Gasteiger partial charge in [-0.3, -0.25) is 4.79 Å². The second-order valence-corrected chi connectivity index (χ2v) is 5.09. The number of hydrogen-bond acceptors (Lipinski definition) is 6. The van der Waals surface area contributed by atoms with E-state index >= 15 is 0 Å². The molecule has 0 bridgehead atoms. The number of carbonyl (C=O) groups is 1. The van der Waals surface area contributed by atoms with Crippen molar-refractivity contribution in [2.45, 2.75) is 11.9 Å². The number of rotatable bonds is 6. The van der Waals surface area contributed by atoms with Crippen LogP contribution in [-0.2, 0) is 4.79 Å². The largest absolute Gasteiger partial charge is 0.494 e. The molecule has 1 heterocycles. The van der Waals surface area contributed by atoms with Crippen LogP contribution in [0.3, 0.4) is 0 Å². The number of nitrogens with two attached hydrogens (primary N) is 1. The highest BCUT2D eigenvalue weighted by atomic mass is 32.2. The Balaban J connectivity index is 2.24. The fourth-order valence-electron chi connectivity index (χ4n) is 1.65. The summed E-state index contributed by atoms with van der Waals surface area (Å²) >= 11 is 1.11. The van der Waals surface area contributed by atoms with Crippen molar-refractivity contribution in [2.75, 3.05) is 18.1 Å². The van der Waals surface area contributed by atoms with E-state index in [0.717, 1.165) is 23.1 Å². The van der Waals surface area contributed by atoms with Crippen LogP contribution in [0.5, 0.6) is 5.75 Å². The van der Waals surface area contributed by atoms with Crippen molar-refractivity contribution in [3.8, 4) is 17.1 Å². The second-order valence-electron chi connectivity index (χ2n) is 4.09. The van der Waals surface area contributed by atoms with Gasteiger partial charge in [0, 0.05) is 11.6 Å². The lowest BCUT2D eigenvalue weighted by molar-refractivity contribution is -0.133. The predicted octanol–water partition coefficient (Wildman–Crippen LogP) is 2.30. The molecular weight excluding hydrogens is 290 g/mol. The summed E-state index contributed by atoms with van der Waals surface area (Å²) in [4.78, 5) is 19.1. The molecule has 21 heavy (non-hydrogen) atoms. The van der Waals surface area contributed by atoms with Crippen LogP contribution in [0.4, 0.5) is 5.82 Å². The van der Waals surface area contributed by atoms with E-state index in [1.54, 1.807) is 6.07 Å². The summed E-state index contributed by atoms with van der Waals surface area (Å²) in [5, 5.41) is 9.24. The lowest BCUT2D eigenvalue weighted by Crippen LogP contribution is -2.01. The van der Waals surface area contributed by atoms with E-state index in [9.17, 15) is 4.79 Å². The first-order valence-electron chi connectivity index (χ1n) is 6.31. The van der Waals surface area contributed by atoms with Gasteiger partial charge in [0.05, 0.1) is 12.4 Å². The lowest BCUT2D eigenvalue weighted by atomic mass is 10.2. The van der Waals surface area contributed by atoms with E-state index in [0.29, 0.717) is 23.3 Å². The zero-order chi connectivity index (χ0) is 15.2. The van der Waals surface area contributed by atoms with Crippen LogP contribution in [0, 0.1) is 0 Å². The molecule has 110 valence electrons. The highest BCUT2D eigenvalue weighted by Gasteiger charge is 2.08. The Labute approximate surface area is 126 Å². The summed E-state index contributed by atoms with van der Waals surface area (Å²) in [7, 11) is 0. The van der Waals surface area contributed by atoms with Crippen LogP contribution in [-0.4, -0.2) is 33.4 Å². The topological polar surface area (TPSA) is 98.3 Å². The molecule has 3 N–H and O–H groups in total. The maximum Gasteiger partial charge on any atom is 0.313 e.